The van der Waals surface area contributed by atoms with E-state index in [-0.39, 0.29) is 0 Å². The number of hydrogen-bond acceptors (Lipinski definition) is 3. The molecule has 72 valence electrons. The normalized spacial score (nSPS) is 30.5. The van der Waals surface area contributed by atoms with Crippen LogP contribution in [0, 0.1) is 0 Å². The maximum atomic E-state index is 2.33. The summed E-state index contributed by atoms with van der Waals surface area (Å²) in [5, 5.41) is 0.942. The molecule has 1 heterocycles. The fourth-order valence-corrected chi connectivity index (χ4v) is 6.39. The molecule has 0 aromatic heterocycles. The van der Waals surface area contributed by atoms with Crippen LogP contribution in [-0.4, -0.2) is 15.6 Å². The van der Waals surface area contributed by atoms with Gasteiger partial charge in [0, 0.05) is 11.0 Å². The van der Waals surface area contributed by atoms with Gasteiger partial charge in [-0.2, -0.15) is 0 Å². The highest BCUT2D eigenvalue weighted by molar-refractivity contribution is 8.79. The van der Waals surface area contributed by atoms with E-state index in [1.165, 1.54) is 31.4 Å². The Bertz CT molecular complexity index is 116. The summed E-state index contributed by atoms with van der Waals surface area (Å²) in [7, 11) is 4.11. The van der Waals surface area contributed by atoms with Crippen LogP contribution in [0.3, 0.4) is 0 Å². The Kier molecular flexibility index (Phi) is 6.02. The molecule has 0 amide bonds. The fourth-order valence-electron chi connectivity index (χ4n) is 1.32. The smallest absolute Gasteiger partial charge is 0.0581 e. The molecule has 0 radical (unpaired) electrons. The van der Waals surface area contributed by atoms with Crippen molar-refractivity contribution < 1.29 is 0 Å². The number of hydrogen-bond donors (Lipinski definition) is 0. The van der Waals surface area contributed by atoms with E-state index >= 15 is 0 Å². The van der Waals surface area contributed by atoms with Gasteiger partial charge in [-0.05, 0) is 13.3 Å². The third-order valence-electron chi connectivity index (χ3n) is 1.97. The van der Waals surface area contributed by atoms with E-state index in [0.717, 1.165) is 9.83 Å². The summed E-state index contributed by atoms with van der Waals surface area (Å²) in [5.41, 5.74) is 0. The molecule has 0 nitrogen and oxygen atoms in total. The number of unbranched alkanes of at least 4 members (excludes halogenated alkanes) is 2. The van der Waals surface area contributed by atoms with Crippen LogP contribution < -0.4 is 0 Å². The topological polar surface area (TPSA) is 0 Å². The highest BCUT2D eigenvalue weighted by atomic mass is 33.1. The fraction of sp³-hybridized carbons (Fsp3) is 1.00. The number of thioether (sulfide) groups is 1. The molecule has 2 unspecified atom stereocenters. The van der Waals surface area contributed by atoms with Gasteiger partial charge in [0.05, 0.1) is 4.58 Å². The largest absolute Gasteiger partial charge is 0.143 e. The lowest BCUT2D eigenvalue weighted by Gasteiger charge is -2.24. The van der Waals surface area contributed by atoms with Gasteiger partial charge in [0.15, 0.2) is 0 Å². The van der Waals surface area contributed by atoms with Gasteiger partial charge in [-0.15, -0.1) is 11.8 Å². The molecule has 3 heteroatoms. The van der Waals surface area contributed by atoms with Crippen molar-refractivity contribution in [1.29, 1.82) is 0 Å². The third kappa shape index (κ3) is 4.33. The summed E-state index contributed by atoms with van der Waals surface area (Å²) >= 11 is 2.18. The van der Waals surface area contributed by atoms with E-state index in [1.807, 2.05) is 10.8 Å². The van der Waals surface area contributed by atoms with E-state index in [2.05, 4.69) is 36.4 Å². The average molecular weight is 222 g/mol. The Morgan fingerprint density at radius 2 is 2.17 bits per heavy atom. The zero-order valence-electron chi connectivity index (χ0n) is 7.91. The molecule has 1 fully saturated rings. The molecule has 1 aliphatic rings. The SMILES string of the molecule is CCCCCC1CSSC(C)S1. The first-order valence-electron chi connectivity index (χ1n) is 4.76. The van der Waals surface area contributed by atoms with Gasteiger partial charge in [0.2, 0.25) is 0 Å². The van der Waals surface area contributed by atoms with Gasteiger partial charge in [-0.3, -0.25) is 0 Å². The Labute approximate surface area is 88.4 Å². The molecule has 0 aromatic carbocycles. The molecule has 1 aliphatic heterocycles. The molecule has 1 rings (SSSR count). The molecule has 0 bridgehead atoms. The van der Waals surface area contributed by atoms with Crippen molar-refractivity contribution in [3.8, 4) is 0 Å². The summed E-state index contributed by atoms with van der Waals surface area (Å²) in [5.74, 6) is 1.36. The summed E-state index contributed by atoms with van der Waals surface area (Å²) in [6, 6.07) is 0. The summed E-state index contributed by atoms with van der Waals surface area (Å²) < 4.78 is 0.815. The van der Waals surface area contributed by atoms with E-state index in [1.54, 1.807) is 0 Å². The summed E-state index contributed by atoms with van der Waals surface area (Å²) in [6.45, 7) is 4.61. The molecular weight excluding hydrogens is 204 g/mol. The Balaban J connectivity index is 2.06. The third-order valence-corrected chi connectivity index (χ3v) is 6.97. The second-order valence-corrected chi connectivity index (χ2v) is 7.90. The molecule has 1 saturated heterocycles. The van der Waals surface area contributed by atoms with Crippen LogP contribution in [0.5, 0.6) is 0 Å². The van der Waals surface area contributed by atoms with Crippen molar-refractivity contribution in [3.63, 3.8) is 0 Å². The van der Waals surface area contributed by atoms with Crippen molar-refractivity contribution in [3.05, 3.63) is 0 Å². The van der Waals surface area contributed by atoms with Crippen LogP contribution in [0.1, 0.15) is 39.5 Å². The summed E-state index contributed by atoms with van der Waals surface area (Å²) in [4.78, 5) is 0. The van der Waals surface area contributed by atoms with Crippen LogP contribution in [0.25, 0.3) is 0 Å². The predicted octanol–water partition coefficient (Wildman–Crippen LogP) is 4.41. The quantitative estimate of drug-likeness (QED) is 0.511. The first-order chi connectivity index (χ1) is 5.83. The Hall–Kier alpha value is 1.05. The van der Waals surface area contributed by atoms with E-state index in [4.69, 9.17) is 0 Å². The van der Waals surface area contributed by atoms with E-state index < -0.39 is 0 Å². The van der Waals surface area contributed by atoms with Gasteiger partial charge in [-0.1, -0.05) is 47.8 Å². The van der Waals surface area contributed by atoms with Crippen molar-refractivity contribution >= 4 is 33.3 Å². The van der Waals surface area contributed by atoms with E-state index in [0.29, 0.717) is 0 Å². The first kappa shape index (κ1) is 11.1. The lowest BCUT2D eigenvalue weighted by atomic mass is 10.2. The second-order valence-electron chi connectivity index (χ2n) is 3.20. The van der Waals surface area contributed by atoms with Crippen LogP contribution >= 0.6 is 33.3 Å². The lowest BCUT2D eigenvalue weighted by Crippen LogP contribution is -2.13. The van der Waals surface area contributed by atoms with Gasteiger partial charge in [0.1, 0.15) is 0 Å². The van der Waals surface area contributed by atoms with Gasteiger partial charge < -0.3 is 0 Å². The molecule has 0 aromatic rings. The molecule has 0 N–H and O–H groups in total. The zero-order valence-corrected chi connectivity index (χ0v) is 10.4. The van der Waals surface area contributed by atoms with Gasteiger partial charge in [0.25, 0.3) is 0 Å². The monoisotopic (exact) mass is 222 g/mol. The zero-order chi connectivity index (χ0) is 8.81. The highest BCUT2D eigenvalue weighted by Gasteiger charge is 2.19. The van der Waals surface area contributed by atoms with Crippen LogP contribution in [-0.2, 0) is 0 Å². The molecule has 0 saturated carbocycles. The molecule has 2 atom stereocenters. The predicted molar refractivity (Wildman–Crippen MR) is 65.0 cm³/mol. The average Bonchev–Trinajstić information content (AvgIpc) is 2.05. The van der Waals surface area contributed by atoms with Crippen LogP contribution in [0.2, 0.25) is 0 Å². The summed E-state index contributed by atoms with van der Waals surface area (Å²) in [6.07, 6.45) is 5.65. The standard InChI is InChI=1S/C9H18S3/c1-3-4-5-6-9-7-10-12-8(2)11-9/h8-9H,3-7H2,1-2H3. The van der Waals surface area contributed by atoms with Crippen molar-refractivity contribution in [2.75, 3.05) is 5.75 Å². The minimum Gasteiger partial charge on any atom is -0.143 e. The van der Waals surface area contributed by atoms with E-state index in [9.17, 15) is 0 Å². The minimum absolute atomic E-state index is 0.815. The Morgan fingerprint density at radius 1 is 1.33 bits per heavy atom. The number of rotatable bonds is 4. The van der Waals surface area contributed by atoms with Crippen LogP contribution in [0.15, 0.2) is 0 Å². The first-order valence-corrected chi connectivity index (χ1v) is 8.09. The van der Waals surface area contributed by atoms with Gasteiger partial charge in [-0.25, -0.2) is 0 Å². The highest BCUT2D eigenvalue weighted by Crippen LogP contribution is 2.44. The van der Waals surface area contributed by atoms with Crippen molar-refractivity contribution in [2.24, 2.45) is 0 Å². The lowest BCUT2D eigenvalue weighted by molar-refractivity contribution is 0.667. The second kappa shape index (κ2) is 6.50. The van der Waals surface area contributed by atoms with Crippen molar-refractivity contribution in [1.82, 2.24) is 0 Å². The van der Waals surface area contributed by atoms with Crippen LogP contribution in [0.4, 0.5) is 0 Å². The Morgan fingerprint density at radius 3 is 2.83 bits per heavy atom. The molecular formula is C9H18S3. The van der Waals surface area contributed by atoms with Crippen molar-refractivity contribution in [2.45, 2.75) is 49.4 Å². The minimum atomic E-state index is 0.815. The molecule has 0 aliphatic carbocycles. The maximum absolute atomic E-state index is 2.33. The molecule has 12 heavy (non-hydrogen) atoms. The van der Waals surface area contributed by atoms with Gasteiger partial charge >= 0.3 is 0 Å². The maximum Gasteiger partial charge on any atom is 0.0581 e. The molecule has 0 spiro atoms.